The number of nitrogens with zero attached hydrogens (tertiary/aromatic N) is 1. The number of carbonyl (C=O) groups is 1. The second kappa shape index (κ2) is 6.41. The number of carbonyl (C=O) groups excluding carboxylic acids is 1. The summed E-state index contributed by atoms with van der Waals surface area (Å²) in [5, 5.41) is 0. The maximum atomic E-state index is 11.9. The number of hydrogen-bond donors (Lipinski definition) is 1. The van der Waals surface area contributed by atoms with Gasteiger partial charge in [0.1, 0.15) is 0 Å². The molecule has 0 aliphatic carbocycles. The third-order valence-corrected chi connectivity index (χ3v) is 3.43. The summed E-state index contributed by atoms with van der Waals surface area (Å²) in [6.45, 7) is 2.86. The molecule has 0 amide bonds. The minimum Gasteiger partial charge on any atom is -0.465 e. The Balaban J connectivity index is 2.26. The van der Waals surface area contributed by atoms with E-state index in [4.69, 9.17) is 0 Å². The number of methoxy groups -OCH3 is 1. The van der Waals surface area contributed by atoms with E-state index in [1.165, 1.54) is 20.0 Å². The molecule has 5 nitrogen and oxygen atoms in total. The van der Waals surface area contributed by atoms with Crippen molar-refractivity contribution in [3.05, 3.63) is 34.2 Å². The zero-order chi connectivity index (χ0) is 14.5. The Kier molecular flexibility index (Phi) is 4.61. The van der Waals surface area contributed by atoms with Gasteiger partial charge < -0.3 is 9.72 Å². The Hall–Kier alpha value is -2.04. The minimum absolute atomic E-state index is 0.126. The standard InChI is InChI=1S/C15H20N2O3/c1-3-4-5-6-9-17-13-8-7-11(14(18)20-2)10-12(13)16-15(17)19/h7-8,10H,3-6,9H2,1-2H3,(H,16,19). The molecular formula is C15H20N2O3. The Morgan fingerprint density at radius 2 is 2.10 bits per heavy atom. The Morgan fingerprint density at radius 3 is 2.80 bits per heavy atom. The first-order valence-electron chi connectivity index (χ1n) is 6.98. The number of aromatic nitrogens is 2. The molecule has 5 heteroatoms. The highest BCUT2D eigenvalue weighted by molar-refractivity contribution is 5.93. The molecule has 20 heavy (non-hydrogen) atoms. The van der Waals surface area contributed by atoms with E-state index in [0.29, 0.717) is 17.6 Å². The molecule has 0 unspecified atom stereocenters. The van der Waals surface area contributed by atoms with Gasteiger partial charge in [0.25, 0.3) is 0 Å². The number of fused-ring (bicyclic) bond motifs is 1. The van der Waals surface area contributed by atoms with Crippen LogP contribution in [0.5, 0.6) is 0 Å². The zero-order valence-corrected chi connectivity index (χ0v) is 11.9. The quantitative estimate of drug-likeness (QED) is 0.651. The number of hydrogen-bond acceptors (Lipinski definition) is 3. The molecule has 0 saturated heterocycles. The van der Waals surface area contributed by atoms with E-state index in [1.807, 2.05) is 0 Å². The van der Waals surface area contributed by atoms with E-state index in [2.05, 4.69) is 16.6 Å². The van der Waals surface area contributed by atoms with Crippen LogP contribution in [-0.4, -0.2) is 22.6 Å². The average Bonchev–Trinajstić information content (AvgIpc) is 2.77. The smallest absolute Gasteiger partial charge is 0.337 e. The molecule has 0 fully saturated rings. The fourth-order valence-corrected chi connectivity index (χ4v) is 2.33. The van der Waals surface area contributed by atoms with Crippen LogP contribution in [0.25, 0.3) is 11.0 Å². The maximum absolute atomic E-state index is 11.9. The first kappa shape index (κ1) is 14.4. The molecule has 1 heterocycles. The molecule has 0 bridgehead atoms. The molecule has 0 aliphatic rings. The van der Waals surface area contributed by atoms with Gasteiger partial charge in [0.2, 0.25) is 0 Å². The maximum Gasteiger partial charge on any atom is 0.337 e. The second-order valence-corrected chi connectivity index (χ2v) is 4.87. The molecule has 2 aromatic rings. The Morgan fingerprint density at radius 1 is 1.30 bits per heavy atom. The lowest BCUT2D eigenvalue weighted by Gasteiger charge is -2.04. The number of aryl methyl sites for hydroxylation is 1. The molecule has 2 rings (SSSR count). The van der Waals surface area contributed by atoms with Crippen molar-refractivity contribution in [1.29, 1.82) is 0 Å². The van der Waals surface area contributed by atoms with Gasteiger partial charge in [-0.2, -0.15) is 0 Å². The summed E-state index contributed by atoms with van der Waals surface area (Å²) in [7, 11) is 1.34. The summed E-state index contributed by atoms with van der Waals surface area (Å²) < 4.78 is 6.40. The molecule has 0 radical (unpaired) electrons. The number of esters is 1. The van der Waals surface area contributed by atoms with Crippen LogP contribution in [0, 0.1) is 0 Å². The highest BCUT2D eigenvalue weighted by Crippen LogP contribution is 2.14. The number of nitrogens with one attached hydrogen (secondary N) is 1. The molecule has 108 valence electrons. The zero-order valence-electron chi connectivity index (χ0n) is 11.9. The van der Waals surface area contributed by atoms with Crippen molar-refractivity contribution in [3.63, 3.8) is 0 Å². The van der Waals surface area contributed by atoms with E-state index in [-0.39, 0.29) is 5.69 Å². The predicted molar refractivity (Wildman–Crippen MR) is 78.0 cm³/mol. The average molecular weight is 276 g/mol. The fraction of sp³-hybridized carbons (Fsp3) is 0.467. The SMILES string of the molecule is CCCCCCn1c(=O)[nH]c2cc(C(=O)OC)ccc21. The van der Waals surface area contributed by atoms with Gasteiger partial charge in [-0.25, -0.2) is 9.59 Å². The Labute approximate surface area is 117 Å². The first-order chi connectivity index (χ1) is 9.67. The summed E-state index contributed by atoms with van der Waals surface area (Å²) in [6, 6.07) is 5.13. The van der Waals surface area contributed by atoms with Gasteiger partial charge in [-0.1, -0.05) is 26.2 Å². The summed E-state index contributed by atoms with van der Waals surface area (Å²) in [5.41, 5.74) is 1.82. The number of rotatable bonds is 6. The van der Waals surface area contributed by atoms with Crippen molar-refractivity contribution in [1.82, 2.24) is 9.55 Å². The van der Waals surface area contributed by atoms with E-state index in [0.717, 1.165) is 18.4 Å². The molecular weight excluding hydrogens is 256 g/mol. The number of H-pyrrole nitrogens is 1. The number of ether oxygens (including phenoxy) is 1. The number of benzene rings is 1. The summed E-state index contributed by atoms with van der Waals surface area (Å²) in [5.74, 6) is -0.400. The lowest BCUT2D eigenvalue weighted by atomic mass is 10.2. The van der Waals surface area contributed by atoms with Crippen LogP contribution in [0.4, 0.5) is 0 Å². The van der Waals surface area contributed by atoms with Crippen LogP contribution in [0.1, 0.15) is 43.0 Å². The summed E-state index contributed by atoms with van der Waals surface area (Å²) >= 11 is 0. The molecule has 1 N–H and O–H groups in total. The van der Waals surface area contributed by atoms with Crippen molar-refractivity contribution in [2.45, 2.75) is 39.2 Å². The Bertz CT molecular complexity index is 655. The van der Waals surface area contributed by atoms with Gasteiger partial charge in [0, 0.05) is 6.54 Å². The normalized spacial score (nSPS) is 10.9. The van der Waals surface area contributed by atoms with Crippen LogP contribution >= 0.6 is 0 Å². The van der Waals surface area contributed by atoms with Gasteiger partial charge in [-0.3, -0.25) is 4.57 Å². The van der Waals surface area contributed by atoms with Gasteiger partial charge in [0.05, 0.1) is 23.7 Å². The van der Waals surface area contributed by atoms with E-state index in [9.17, 15) is 9.59 Å². The van der Waals surface area contributed by atoms with Gasteiger partial charge in [0.15, 0.2) is 0 Å². The summed E-state index contributed by atoms with van der Waals surface area (Å²) in [4.78, 5) is 26.2. The van der Waals surface area contributed by atoms with Crippen molar-refractivity contribution in [2.75, 3.05) is 7.11 Å². The third kappa shape index (κ3) is 2.92. The highest BCUT2D eigenvalue weighted by Gasteiger charge is 2.10. The molecule has 1 aromatic carbocycles. The second-order valence-electron chi connectivity index (χ2n) is 4.87. The summed E-state index contributed by atoms with van der Waals surface area (Å²) in [6.07, 6.45) is 4.46. The molecule has 0 aliphatic heterocycles. The van der Waals surface area contributed by atoms with Crippen LogP contribution in [0.2, 0.25) is 0 Å². The first-order valence-corrected chi connectivity index (χ1v) is 6.98. The number of aromatic amines is 1. The third-order valence-electron chi connectivity index (χ3n) is 3.43. The predicted octanol–water partition coefficient (Wildman–Crippen LogP) is 2.70. The lowest BCUT2D eigenvalue weighted by Crippen LogP contribution is -2.16. The van der Waals surface area contributed by atoms with Crippen LogP contribution in [-0.2, 0) is 11.3 Å². The van der Waals surface area contributed by atoms with Crippen LogP contribution < -0.4 is 5.69 Å². The minimum atomic E-state index is -0.400. The van der Waals surface area contributed by atoms with Crippen molar-refractivity contribution < 1.29 is 9.53 Å². The van der Waals surface area contributed by atoms with Crippen LogP contribution in [0.3, 0.4) is 0 Å². The van der Waals surface area contributed by atoms with Gasteiger partial charge in [-0.15, -0.1) is 0 Å². The highest BCUT2D eigenvalue weighted by atomic mass is 16.5. The monoisotopic (exact) mass is 276 g/mol. The van der Waals surface area contributed by atoms with Crippen molar-refractivity contribution >= 4 is 17.0 Å². The molecule has 1 aromatic heterocycles. The van der Waals surface area contributed by atoms with Gasteiger partial charge in [-0.05, 0) is 24.6 Å². The van der Waals surface area contributed by atoms with E-state index in [1.54, 1.807) is 22.8 Å². The van der Waals surface area contributed by atoms with Crippen molar-refractivity contribution in [3.8, 4) is 0 Å². The number of imidazole rings is 1. The van der Waals surface area contributed by atoms with Gasteiger partial charge >= 0.3 is 11.7 Å². The van der Waals surface area contributed by atoms with E-state index >= 15 is 0 Å². The lowest BCUT2D eigenvalue weighted by molar-refractivity contribution is 0.0601. The molecule has 0 spiro atoms. The number of unbranched alkanes of at least 4 members (excludes halogenated alkanes) is 3. The largest absolute Gasteiger partial charge is 0.465 e. The topological polar surface area (TPSA) is 64.1 Å². The van der Waals surface area contributed by atoms with E-state index < -0.39 is 5.97 Å². The fourth-order valence-electron chi connectivity index (χ4n) is 2.33. The van der Waals surface area contributed by atoms with Crippen molar-refractivity contribution in [2.24, 2.45) is 0 Å². The van der Waals surface area contributed by atoms with Crippen LogP contribution in [0.15, 0.2) is 23.0 Å². The molecule has 0 saturated carbocycles. The molecule has 0 atom stereocenters.